The van der Waals surface area contributed by atoms with Crippen LogP contribution >= 0.6 is 0 Å². The lowest BCUT2D eigenvalue weighted by atomic mass is 9.90. The highest BCUT2D eigenvalue weighted by atomic mass is 16.4. The SMILES string of the molecule is CC1C[N+](=c2ccc3c(-c4ccccc4C(=O)[O-])c4ccc(N5CC(CC(=O)O)C5)cc4oc-3c2)C1.O=C=O. The lowest BCUT2D eigenvalue weighted by molar-refractivity contribution is -0.255. The summed E-state index contributed by atoms with van der Waals surface area (Å²) >= 11 is 0. The number of aromatic carboxylic acids is 1. The summed E-state index contributed by atoms with van der Waals surface area (Å²) in [5, 5.41) is 23.0. The zero-order chi connectivity index (χ0) is 27.7. The molecule has 9 heteroatoms. The number of anilines is 1. The molecular formula is C30H26N2O7. The zero-order valence-corrected chi connectivity index (χ0v) is 21.3. The van der Waals surface area contributed by atoms with Crippen LogP contribution < -0.4 is 19.9 Å². The molecule has 2 saturated heterocycles. The zero-order valence-electron chi connectivity index (χ0n) is 21.3. The maximum atomic E-state index is 12.0. The monoisotopic (exact) mass is 526 g/mol. The van der Waals surface area contributed by atoms with E-state index in [0.29, 0.717) is 35.9 Å². The first kappa shape index (κ1) is 25.9. The van der Waals surface area contributed by atoms with E-state index >= 15 is 0 Å². The molecule has 3 heterocycles. The van der Waals surface area contributed by atoms with Crippen molar-refractivity contribution in [1.82, 2.24) is 4.58 Å². The second kappa shape index (κ2) is 10.6. The minimum Gasteiger partial charge on any atom is -0.545 e. The number of carbonyl (C=O) groups is 2. The van der Waals surface area contributed by atoms with Crippen molar-refractivity contribution in [2.45, 2.75) is 13.3 Å². The number of fused-ring (bicyclic) bond motifs is 2. The standard InChI is InChI=1S/C29H26N2O5.CO2/c1-17-13-30(14-17)19-6-8-23-25(11-19)36-26-12-20(31-15-18(16-31)10-27(32)33)7-9-24(26)28(23)21-4-2-3-5-22(21)29(34)35;2-1-3/h2-9,11-12,17-18H,10,13-16H2,1H3,(H-,32,33,34,35);. The molecule has 2 aromatic rings. The Hall–Kier alpha value is -4.75. The Balaban J connectivity index is 0.000000983. The molecule has 0 bridgehead atoms. The summed E-state index contributed by atoms with van der Waals surface area (Å²) in [4.78, 5) is 41.4. The second-order valence-corrected chi connectivity index (χ2v) is 10.1. The van der Waals surface area contributed by atoms with Crippen LogP contribution in [0.4, 0.5) is 5.69 Å². The van der Waals surface area contributed by atoms with Crippen molar-refractivity contribution in [3.63, 3.8) is 0 Å². The number of aliphatic carboxylic acids is 1. The van der Waals surface area contributed by atoms with Gasteiger partial charge in [0.25, 0.3) is 0 Å². The van der Waals surface area contributed by atoms with Gasteiger partial charge in [0.1, 0.15) is 11.3 Å². The smallest absolute Gasteiger partial charge is 0.373 e. The molecular weight excluding hydrogens is 500 g/mol. The fourth-order valence-electron chi connectivity index (χ4n) is 5.50. The van der Waals surface area contributed by atoms with E-state index in [-0.39, 0.29) is 24.1 Å². The third-order valence-corrected chi connectivity index (χ3v) is 7.32. The number of carbonyl (C=O) groups excluding carboxylic acids is 3. The Kier molecular flexibility index (Phi) is 7.00. The molecule has 0 radical (unpaired) electrons. The summed E-state index contributed by atoms with van der Waals surface area (Å²) in [5.41, 5.74) is 3.97. The van der Waals surface area contributed by atoms with Crippen molar-refractivity contribution >= 4 is 34.7 Å². The highest BCUT2D eigenvalue weighted by Gasteiger charge is 2.30. The molecule has 4 aliphatic rings. The van der Waals surface area contributed by atoms with E-state index in [4.69, 9.17) is 19.1 Å². The third-order valence-electron chi connectivity index (χ3n) is 7.32. The van der Waals surface area contributed by atoms with Gasteiger partial charge < -0.3 is 24.3 Å². The number of benzene rings is 3. The Labute approximate surface area is 223 Å². The van der Waals surface area contributed by atoms with Gasteiger partial charge in [-0.2, -0.15) is 9.59 Å². The van der Waals surface area contributed by atoms with Gasteiger partial charge in [-0.05, 0) is 23.8 Å². The Morgan fingerprint density at radius 1 is 1.05 bits per heavy atom. The molecule has 3 aliphatic heterocycles. The number of carboxylic acid groups (broad SMARTS) is 2. The molecule has 2 fully saturated rings. The van der Waals surface area contributed by atoms with Crippen molar-refractivity contribution in [3.05, 3.63) is 71.6 Å². The van der Waals surface area contributed by atoms with E-state index in [9.17, 15) is 14.7 Å². The molecule has 0 unspecified atom stereocenters. The molecule has 2 aromatic carbocycles. The quantitative estimate of drug-likeness (QED) is 0.310. The number of rotatable bonds is 5. The molecule has 39 heavy (non-hydrogen) atoms. The topological polar surface area (TPSA) is 131 Å². The third kappa shape index (κ3) is 5.04. The van der Waals surface area contributed by atoms with Crippen molar-refractivity contribution in [2.75, 3.05) is 31.1 Å². The lowest BCUT2D eigenvalue weighted by Gasteiger charge is -2.40. The van der Waals surface area contributed by atoms with Gasteiger partial charge in [0.05, 0.1) is 24.4 Å². The van der Waals surface area contributed by atoms with E-state index < -0.39 is 11.9 Å². The van der Waals surface area contributed by atoms with Crippen LogP contribution in [-0.4, -0.2) is 49.4 Å². The highest BCUT2D eigenvalue weighted by Crippen LogP contribution is 2.42. The van der Waals surface area contributed by atoms with Crippen LogP contribution in [0.2, 0.25) is 0 Å². The van der Waals surface area contributed by atoms with Crippen LogP contribution in [0.25, 0.3) is 33.4 Å². The van der Waals surface area contributed by atoms with Crippen molar-refractivity contribution in [2.24, 2.45) is 11.8 Å². The molecule has 0 aromatic heterocycles. The maximum absolute atomic E-state index is 12.0. The van der Waals surface area contributed by atoms with Crippen LogP contribution in [0.15, 0.2) is 65.1 Å². The van der Waals surface area contributed by atoms with E-state index in [1.54, 1.807) is 12.1 Å². The molecule has 0 saturated carbocycles. The summed E-state index contributed by atoms with van der Waals surface area (Å²) in [7, 11) is 0. The van der Waals surface area contributed by atoms with Crippen molar-refractivity contribution < 1.29 is 33.8 Å². The average Bonchev–Trinajstić information content (AvgIpc) is 2.87. The molecule has 0 amide bonds. The molecule has 198 valence electrons. The second-order valence-electron chi connectivity index (χ2n) is 10.1. The summed E-state index contributed by atoms with van der Waals surface area (Å²) < 4.78 is 8.74. The van der Waals surface area contributed by atoms with Crippen LogP contribution in [0.1, 0.15) is 23.7 Å². The number of hydrogen-bond acceptors (Lipinski definition) is 7. The van der Waals surface area contributed by atoms with E-state index in [0.717, 1.165) is 40.6 Å². The van der Waals surface area contributed by atoms with Crippen LogP contribution in [0, 0.1) is 11.8 Å². The summed E-state index contributed by atoms with van der Waals surface area (Å²) in [6.07, 6.45) is 0.418. The first-order valence-electron chi connectivity index (χ1n) is 12.6. The van der Waals surface area contributed by atoms with Gasteiger partial charge in [0.2, 0.25) is 5.36 Å². The van der Waals surface area contributed by atoms with Gasteiger partial charge in [0.15, 0.2) is 13.1 Å². The summed E-state index contributed by atoms with van der Waals surface area (Å²) in [6, 6.07) is 18.9. The Morgan fingerprint density at radius 2 is 1.77 bits per heavy atom. The van der Waals surface area contributed by atoms with E-state index in [1.165, 1.54) is 0 Å². The molecule has 6 rings (SSSR count). The van der Waals surface area contributed by atoms with E-state index in [1.807, 2.05) is 42.5 Å². The predicted molar refractivity (Wildman–Crippen MR) is 140 cm³/mol. The molecule has 0 spiro atoms. The van der Waals surface area contributed by atoms with Crippen molar-refractivity contribution in [1.29, 1.82) is 0 Å². The first-order valence-corrected chi connectivity index (χ1v) is 12.6. The lowest BCUT2D eigenvalue weighted by Crippen LogP contribution is -2.47. The number of hydrogen-bond donors (Lipinski definition) is 1. The summed E-state index contributed by atoms with van der Waals surface area (Å²) in [6.45, 7) is 5.58. The van der Waals surface area contributed by atoms with Gasteiger partial charge in [-0.15, -0.1) is 0 Å². The van der Waals surface area contributed by atoms with Crippen LogP contribution in [0.3, 0.4) is 0 Å². The number of nitrogens with zero attached hydrogens (tertiary/aromatic N) is 2. The van der Waals surface area contributed by atoms with Crippen molar-refractivity contribution in [3.8, 4) is 22.5 Å². The largest absolute Gasteiger partial charge is 0.545 e. The van der Waals surface area contributed by atoms with Gasteiger partial charge in [0, 0.05) is 58.9 Å². The average molecular weight is 527 g/mol. The Bertz CT molecular complexity index is 1650. The fourth-order valence-corrected chi connectivity index (χ4v) is 5.50. The van der Waals surface area contributed by atoms with E-state index in [2.05, 4.69) is 22.5 Å². The van der Waals surface area contributed by atoms with Gasteiger partial charge in [-0.1, -0.05) is 31.2 Å². The number of carboxylic acids is 2. The van der Waals surface area contributed by atoms with Crippen LogP contribution in [-0.2, 0) is 14.4 Å². The highest BCUT2D eigenvalue weighted by molar-refractivity contribution is 6.07. The normalized spacial score (nSPS) is 16.6. The summed E-state index contributed by atoms with van der Waals surface area (Å²) in [5.74, 6) is -0.515. The fraction of sp³-hybridized carbons (Fsp3) is 0.267. The van der Waals surface area contributed by atoms with Gasteiger partial charge >= 0.3 is 12.1 Å². The minimum absolute atomic E-state index is 0.135. The first-order chi connectivity index (χ1) is 18.8. The minimum atomic E-state index is -1.22. The Morgan fingerprint density at radius 3 is 2.44 bits per heavy atom. The van der Waals surface area contributed by atoms with Gasteiger partial charge in [-0.3, -0.25) is 4.79 Å². The molecule has 0 atom stereocenters. The molecule has 1 aliphatic carbocycles. The van der Waals surface area contributed by atoms with Gasteiger partial charge in [-0.25, -0.2) is 4.58 Å². The predicted octanol–water partition coefficient (Wildman–Crippen LogP) is 2.32. The van der Waals surface area contributed by atoms with Crippen LogP contribution in [0.5, 0.6) is 0 Å². The maximum Gasteiger partial charge on any atom is 0.373 e. The molecule has 1 N–H and O–H groups in total. The molecule has 9 nitrogen and oxygen atoms in total.